The first kappa shape index (κ1) is 15.2. The van der Waals surface area contributed by atoms with E-state index in [-0.39, 0.29) is 16.7 Å². The standard InChI is InChI=1S/C15H20N4O2/c1-11(2)6-14(16)15-8-17-10-18(15)9-12-4-3-5-13(7-12)19(20)21/h3-5,7-8,10-11,14H,6,9,16H2,1-2H3. The predicted molar refractivity (Wildman–Crippen MR) is 80.8 cm³/mol. The van der Waals surface area contributed by atoms with Gasteiger partial charge in [0.15, 0.2) is 0 Å². The lowest BCUT2D eigenvalue weighted by atomic mass is 10.0. The van der Waals surface area contributed by atoms with Gasteiger partial charge in [0.2, 0.25) is 0 Å². The fourth-order valence-electron chi connectivity index (χ4n) is 2.37. The molecule has 112 valence electrons. The zero-order valence-corrected chi connectivity index (χ0v) is 12.3. The molecule has 1 aromatic heterocycles. The van der Waals surface area contributed by atoms with Gasteiger partial charge >= 0.3 is 0 Å². The molecule has 0 radical (unpaired) electrons. The van der Waals surface area contributed by atoms with Crippen LogP contribution in [0.4, 0.5) is 5.69 Å². The Morgan fingerprint density at radius 1 is 1.43 bits per heavy atom. The third-order valence-corrected chi connectivity index (χ3v) is 3.32. The summed E-state index contributed by atoms with van der Waals surface area (Å²) in [6, 6.07) is 6.55. The maximum Gasteiger partial charge on any atom is 0.269 e. The van der Waals surface area contributed by atoms with E-state index >= 15 is 0 Å². The van der Waals surface area contributed by atoms with Gasteiger partial charge in [-0.2, -0.15) is 0 Å². The summed E-state index contributed by atoms with van der Waals surface area (Å²) >= 11 is 0. The van der Waals surface area contributed by atoms with Crippen molar-refractivity contribution in [2.24, 2.45) is 11.7 Å². The van der Waals surface area contributed by atoms with Crippen molar-refractivity contribution in [1.29, 1.82) is 0 Å². The smallest absolute Gasteiger partial charge is 0.269 e. The van der Waals surface area contributed by atoms with E-state index in [1.54, 1.807) is 24.7 Å². The summed E-state index contributed by atoms with van der Waals surface area (Å²) in [5, 5.41) is 10.8. The number of nitro groups is 1. The van der Waals surface area contributed by atoms with E-state index < -0.39 is 0 Å². The molecule has 2 aromatic rings. The summed E-state index contributed by atoms with van der Waals surface area (Å²) in [7, 11) is 0. The minimum atomic E-state index is -0.386. The summed E-state index contributed by atoms with van der Waals surface area (Å²) in [6.07, 6.45) is 4.36. The Balaban J connectivity index is 2.19. The van der Waals surface area contributed by atoms with Crippen molar-refractivity contribution in [3.05, 3.63) is 58.2 Å². The van der Waals surface area contributed by atoms with Crippen LogP contribution in [0.5, 0.6) is 0 Å². The van der Waals surface area contributed by atoms with Crippen LogP contribution in [0, 0.1) is 16.0 Å². The predicted octanol–water partition coefficient (Wildman–Crippen LogP) is 2.89. The molecule has 2 N–H and O–H groups in total. The average Bonchev–Trinajstić information content (AvgIpc) is 2.86. The van der Waals surface area contributed by atoms with Gasteiger partial charge in [-0.3, -0.25) is 10.1 Å². The molecule has 0 aliphatic heterocycles. The van der Waals surface area contributed by atoms with Crippen molar-refractivity contribution < 1.29 is 4.92 Å². The average molecular weight is 288 g/mol. The molecule has 1 atom stereocenters. The number of hydrogen-bond acceptors (Lipinski definition) is 4. The number of nitro benzene ring substituents is 1. The van der Waals surface area contributed by atoms with Crippen LogP contribution in [-0.4, -0.2) is 14.5 Å². The third-order valence-electron chi connectivity index (χ3n) is 3.32. The molecule has 0 fully saturated rings. The Morgan fingerprint density at radius 3 is 2.86 bits per heavy atom. The number of nitrogens with two attached hydrogens (primary N) is 1. The molecule has 0 aliphatic carbocycles. The second-order valence-corrected chi connectivity index (χ2v) is 5.61. The Labute approximate surface area is 123 Å². The van der Waals surface area contributed by atoms with Crippen molar-refractivity contribution in [2.45, 2.75) is 32.9 Å². The zero-order chi connectivity index (χ0) is 15.4. The highest BCUT2D eigenvalue weighted by atomic mass is 16.6. The van der Waals surface area contributed by atoms with Crippen LogP contribution in [0.2, 0.25) is 0 Å². The molecule has 2 rings (SSSR count). The van der Waals surface area contributed by atoms with Gasteiger partial charge in [0.05, 0.1) is 16.9 Å². The third kappa shape index (κ3) is 3.88. The zero-order valence-electron chi connectivity index (χ0n) is 12.3. The first-order valence-corrected chi connectivity index (χ1v) is 6.96. The van der Waals surface area contributed by atoms with Gasteiger partial charge in [-0.15, -0.1) is 0 Å². The number of non-ortho nitro benzene ring substituents is 1. The van der Waals surface area contributed by atoms with Crippen LogP contribution >= 0.6 is 0 Å². The van der Waals surface area contributed by atoms with Crippen molar-refractivity contribution in [3.63, 3.8) is 0 Å². The molecule has 0 aliphatic rings. The number of rotatable bonds is 6. The molecule has 0 bridgehead atoms. The molecular formula is C15H20N4O2. The van der Waals surface area contributed by atoms with Crippen LogP contribution in [0.1, 0.15) is 37.6 Å². The second kappa shape index (κ2) is 6.49. The van der Waals surface area contributed by atoms with Crippen LogP contribution in [0.3, 0.4) is 0 Å². The van der Waals surface area contributed by atoms with Gasteiger partial charge in [-0.25, -0.2) is 4.98 Å². The maximum atomic E-state index is 10.8. The number of aromatic nitrogens is 2. The fourth-order valence-corrected chi connectivity index (χ4v) is 2.37. The van der Waals surface area contributed by atoms with Crippen molar-refractivity contribution >= 4 is 5.69 Å². The van der Waals surface area contributed by atoms with E-state index in [0.717, 1.165) is 17.7 Å². The lowest BCUT2D eigenvalue weighted by molar-refractivity contribution is -0.384. The van der Waals surface area contributed by atoms with Crippen LogP contribution in [0.15, 0.2) is 36.8 Å². The van der Waals surface area contributed by atoms with E-state index in [2.05, 4.69) is 18.8 Å². The highest BCUT2D eigenvalue weighted by Crippen LogP contribution is 2.20. The van der Waals surface area contributed by atoms with Crippen molar-refractivity contribution in [3.8, 4) is 0 Å². The molecule has 0 saturated heterocycles. The monoisotopic (exact) mass is 288 g/mol. The van der Waals surface area contributed by atoms with Crippen LogP contribution in [0.25, 0.3) is 0 Å². The van der Waals surface area contributed by atoms with E-state index in [9.17, 15) is 10.1 Å². The summed E-state index contributed by atoms with van der Waals surface area (Å²) in [6.45, 7) is 4.78. The molecule has 0 spiro atoms. The van der Waals surface area contributed by atoms with Gasteiger partial charge < -0.3 is 10.3 Å². The Hall–Kier alpha value is -2.21. The summed E-state index contributed by atoms with van der Waals surface area (Å²) < 4.78 is 1.95. The minimum absolute atomic E-state index is 0.0776. The van der Waals surface area contributed by atoms with E-state index in [4.69, 9.17) is 5.73 Å². The number of benzene rings is 1. The normalized spacial score (nSPS) is 12.6. The SMILES string of the molecule is CC(C)CC(N)c1cncn1Cc1cccc([N+](=O)[O-])c1. The summed E-state index contributed by atoms with van der Waals surface area (Å²) in [5.74, 6) is 0.501. The Kier molecular flexibility index (Phi) is 4.70. The van der Waals surface area contributed by atoms with Crippen molar-refractivity contribution in [2.75, 3.05) is 0 Å². The highest BCUT2D eigenvalue weighted by Gasteiger charge is 2.14. The quantitative estimate of drug-likeness (QED) is 0.654. The van der Waals surface area contributed by atoms with E-state index in [1.165, 1.54) is 6.07 Å². The lowest BCUT2D eigenvalue weighted by Gasteiger charge is -2.16. The second-order valence-electron chi connectivity index (χ2n) is 5.61. The van der Waals surface area contributed by atoms with Crippen LogP contribution < -0.4 is 5.73 Å². The lowest BCUT2D eigenvalue weighted by Crippen LogP contribution is -2.17. The molecule has 0 saturated carbocycles. The summed E-state index contributed by atoms with van der Waals surface area (Å²) in [4.78, 5) is 14.6. The number of imidazole rings is 1. The van der Waals surface area contributed by atoms with Gasteiger partial charge in [0, 0.05) is 30.9 Å². The topological polar surface area (TPSA) is 87.0 Å². The highest BCUT2D eigenvalue weighted by molar-refractivity contribution is 5.34. The molecular weight excluding hydrogens is 268 g/mol. The molecule has 0 amide bonds. The molecule has 1 heterocycles. The number of nitrogens with zero attached hydrogens (tertiary/aromatic N) is 3. The summed E-state index contributed by atoms with van der Waals surface area (Å²) in [5.41, 5.74) is 8.12. The van der Waals surface area contributed by atoms with E-state index in [1.807, 2.05) is 10.6 Å². The molecule has 6 heteroatoms. The number of hydrogen-bond donors (Lipinski definition) is 1. The minimum Gasteiger partial charge on any atom is -0.329 e. The molecule has 21 heavy (non-hydrogen) atoms. The molecule has 1 unspecified atom stereocenters. The van der Waals surface area contributed by atoms with Crippen molar-refractivity contribution in [1.82, 2.24) is 9.55 Å². The largest absolute Gasteiger partial charge is 0.329 e. The molecule has 1 aromatic carbocycles. The maximum absolute atomic E-state index is 10.8. The van der Waals surface area contributed by atoms with Gasteiger partial charge in [0.1, 0.15) is 0 Å². The van der Waals surface area contributed by atoms with Crippen LogP contribution in [-0.2, 0) is 6.54 Å². The van der Waals surface area contributed by atoms with Gasteiger partial charge in [0.25, 0.3) is 5.69 Å². The Morgan fingerprint density at radius 2 is 2.19 bits per heavy atom. The first-order valence-electron chi connectivity index (χ1n) is 6.96. The first-order chi connectivity index (χ1) is 9.97. The van der Waals surface area contributed by atoms with E-state index in [0.29, 0.717) is 12.5 Å². The Bertz CT molecular complexity index is 622. The molecule has 6 nitrogen and oxygen atoms in total. The van der Waals surface area contributed by atoms with Gasteiger partial charge in [-0.05, 0) is 17.9 Å². The van der Waals surface area contributed by atoms with Gasteiger partial charge in [-0.1, -0.05) is 26.0 Å². The fraction of sp³-hybridized carbons (Fsp3) is 0.400.